The van der Waals surface area contributed by atoms with Crippen LogP contribution in [0.15, 0.2) is 30.3 Å². The number of amides is 1. The molecule has 4 heteroatoms. The molecule has 0 aromatic heterocycles. The number of piperidine rings is 1. The van der Waals surface area contributed by atoms with Crippen molar-refractivity contribution in [3.05, 3.63) is 35.9 Å². The first-order chi connectivity index (χ1) is 12.5. The summed E-state index contributed by atoms with van der Waals surface area (Å²) in [6.07, 6.45) is 7.40. The number of methoxy groups -OCH3 is 1. The van der Waals surface area contributed by atoms with E-state index in [4.69, 9.17) is 4.74 Å². The molecule has 2 fully saturated rings. The largest absolute Gasteiger partial charge is 0.467 e. The molecule has 0 bridgehead atoms. The number of benzene rings is 1. The second-order valence-corrected chi connectivity index (χ2v) is 8.21. The van der Waals surface area contributed by atoms with Crippen LogP contribution in [-0.4, -0.2) is 29.9 Å². The molecule has 1 aromatic rings. The molecular weight excluding hydrogens is 326 g/mol. The summed E-state index contributed by atoms with van der Waals surface area (Å²) in [5.41, 5.74) is 0.988. The number of likely N-dealkylation sites (tertiary alicyclic amines) is 1. The van der Waals surface area contributed by atoms with Gasteiger partial charge < -0.3 is 9.64 Å². The van der Waals surface area contributed by atoms with Crippen molar-refractivity contribution in [2.75, 3.05) is 7.11 Å². The maximum Gasteiger partial charge on any atom is 0.329 e. The van der Waals surface area contributed by atoms with Crippen LogP contribution >= 0.6 is 0 Å². The molecule has 4 nitrogen and oxygen atoms in total. The Hall–Kier alpha value is -1.84. The van der Waals surface area contributed by atoms with Crippen molar-refractivity contribution in [2.24, 2.45) is 11.3 Å². The van der Waals surface area contributed by atoms with Crippen molar-refractivity contribution >= 4 is 11.9 Å². The third-order valence-electron chi connectivity index (χ3n) is 6.32. The van der Waals surface area contributed by atoms with Crippen molar-refractivity contribution in [2.45, 2.75) is 70.9 Å². The van der Waals surface area contributed by atoms with Crippen molar-refractivity contribution < 1.29 is 14.3 Å². The molecule has 1 amide bonds. The molecular formula is C22H31NO3. The highest BCUT2D eigenvalue weighted by Crippen LogP contribution is 2.52. The Morgan fingerprint density at radius 2 is 1.73 bits per heavy atom. The molecule has 1 spiro atoms. The third-order valence-corrected chi connectivity index (χ3v) is 6.32. The highest BCUT2D eigenvalue weighted by Gasteiger charge is 2.54. The maximum atomic E-state index is 13.3. The van der Waals surface area contributed by atoms with Crippen LogP contribution in [0.5, 0.6) is 0 Å². The summed E-state index contributed by atoms with van der Waals surface area (Å²) in [5.74, 6) is -0.340. The fourth-order valence-electron chi connectivity index (χ4n) is 5.01. The number of carbonyl (C=O) groups is 2. The summed E-state index contributed by atoms with van der Waals surface area (Å²) < 4.78 is 5.23. The van der Waals surface area contributed by atoms with Crippen LogP contribution in [0.1, 0.15) is 70.4 Å². The highest BCUT2D eigenvalue weighted by molar-refractivity contribution is 5.87. The zero-order chi connectivity index (χ0) is 18.7. The van der Waals surface area contributed by atoms with Gasteiger partial charge in [-0.1, -0.05) is 63.4 Å². The van der Waals surface area contributed by atoms with Crippen LogP contribution < -0.4 is 0 Å². The predicted molar refractivity (Wildman–Crippen MR) is 101 cm³/mol. The van der Waals surface area contributed by atoms with Gasteiger partial charge in [-0.25, -0.2) is 4.79 Å². The molecule has 0 radical (unpaired) electrons. The Bertz CT molecular complexity index is 634. The summed E-state index contributed by atoms with van der Waals surface area (Å²) in [4.78, 5) is 28.1. The Morgan fingerprint density at radius 3 is 2.31 bits per heavy atom. The van der Waals surface area contributed by atoms with Gasteiger partial charge in [0.25, 0.3) is 0 Å². The summed E-state index contributed by atoms with van der Waals surface area (Å²) in [6, 6.07) is 9.61. The zero-order valence-electron chi connectivity index (χ0n) is 16.2. The van der Waals surface area contributed by atoms with Gasteiger partial charge in [0.1, 0.15) is 6.04 Å². The molecule has 2 aliphatic rings. The van der Waals surface area contributed by atoms with E-state index in [9.17, 15) is 9.59 Å². The van der Waals surface area contributed by atoms with E-state index < -0.39 is 6.04 Å². The molecule has 142 valence electrons. The Kier molecular flexibility index (Phi) is 5.69. The first-order valence-electron chi connectivity index (χ1n) is 9.95. The molecule has 1 aliphatic carbocycles. The van der Waals surface area contributed by atoms with Crippen molar-refractivity contribution in [3.8, 4) is 0 Å². The number of ether oxygens (including phenoxy) is 1. The molecule has 0 N–H and O–H groups in total. The smallest absolute Gasteiger partial charge is 0.329 e. The van der Waals surface area contributed by atoms with Crippen LogP contribution in [0.2, 0.25) is 0 Å². The Morgan fingerprint density at radius 1 is 1.08 bits per heavy atom. The van der Waals surface area contributed by atoms with Gasteiger partial charge in [-0.2, -0.15) is 0 Å². The van der Waals surface area contributed by atoms with Gasteiger partial charge in [-0.15, -0.1) is 0 Å². The number of hydrogen-bond donors (Lipinski definition) is 0. The topological polar surface area (TPSA) is 46.6 Å². The number of hydrogen-bond acceptors (Lipinski definition) is 3. The average Bonchev–Trinajstić information content (AvgIpc) is 2.67. The maximum absolute atomic E-state index is 13.3. The van der Waals surface area contributed by atoms with Crippen LogP contribution in [0.4, 0.5) is 0 Å². The number of esters is 1. The van der Waals surface area contributed by atoms with E-state index in [2.05, 4.69) is 12.1 Å². The lowest BCUT2D eigenvalue weighted by atomic mass is 9.62. The van der Waals surface area contributed by atoms with Crippen molar-refractivity contribution in [1.29, 1.82) is 0 Å². The van der Waals surface area contributed by atoms with E-state index in [1.165, 1.54) is 13.5 Å². The predicted octanol–water partition coefficient (Wildman–Crippen LogP) is 4.50. The minimum atomic E-state index is -0.471. The first kappa shape index (κ1) is 18.9. The SMILES string of the molecule is COC(=O)[C@H]1N(C(=O)C(C)C)[C@H](c2ccccc2)CCC12CCCCC2. The van der Waals surface area contributed by atoms with E-state index >= 15 is 0 Å². The molecule has 3 rings (SSSR count). The van der Waals surface area contributed by atoms with Gasteiger partial charge in [0.15, 0.2) is 0 Å². The molecule has 1 aliphatic heterocycles. The average molecular weight is 357 g/mol. The molecule has 1 saturated carbocycles. The van der Waals surface area contributed by atoms with Gasteiger partial charge in [-0.05, 0) is 31.2 Å². The lowest BCUT2D eigenvalue weighted by Crippen LogP contribution is -2.60. The normalized spacial score (nSPS) is 25.3. The van der Waals surface area contributed by atoms with Crippen molar-refractivity contribution in [3.63, 3.8) is 0 Å². The second kappa shape index (κ2) is 7.81. The van der Waals surface area contributed by atoms with E-state index in [0.717, 1.165) is 44.1 Å². The standard InChI is InChI=1S/C22H31NO3/c1-16(2)20(24)23-18(17-10-6-4-7-11-17)12-15-22(13-8-5-9-14-22)19(23)21(25)26-3/h4,6-7,10-11,16,18-19H,5,8-9,12-15H2,1-3H3/t18-,19+/m0/s1. The Balaban J connectivity index is 2.07. The van der Waals surface area contributed by atoms with Gasteiger partial charge in [0.2, 0.25) is 5.91 Å². The third kappa shape index (κ3) is 3.38. The highest BCUT2D eigenvalue weighted by atomic mass is 16.5. The summed E-state index contributed by atoms with van der Waals surface area (Å²) in [5, 5.41) is 0. The number of rotatable bonds is 3. The van der Waals surface area contributed by atoms with Crippen LogP contribution in [0.25, 0.3) is 0 Å². The molecule has 2 atom stereocenters. The van der Waals surface area contributed by atoms with Crippen molar-refractivity contribution in [1.82, 2.24) is 4.90 Å². The number of carbonyl (C=O) groups excluding carboxylic acids is 2. The van der Waals surface area contributed by atoms with Gasteiger partial charge in [-0.3, -0.25) is 4.79 Å². The molecule has 1 heterocycles. The van der Waals surface area contributed by atoms with Crippen LogP contribution in [-0.2, 0) is 14.3 Å². The van der Waals surface area contributed by atoms with Gasteiger partial charge in [0.05, 0.1) is 13.2 Å². The molecule has 0 unspecified atom stereocenters. The van der Waals surface area contributed by atoms with Crippen LogP contribution in [0.3, 0.4) is 0 Å². The molecule has 26 heavy (non-hydrogen) atoms. The fraction of sp³-hybridized carbons (Fsp3) is 0.636. The monoisotopic (exact) mass is 357 g/mol. The quantitative estimate of drug-likeness (QED) is 0.748. The second-order valence-electron chi connectivity index (χ2n) is 8.21. The first-order valence-corrected chi connectivity index (χ1v) is 9.95. The minimum absolute atomic E-state index is 0.0530. The summed E-state index contributed by atoms with van der Waals surface area (Å²) >= 11 is 0. The summed E-state index contributed by atoms with van der Waals surface area (Å²) in [7, 11) is 1.45. The zero-order valence-corrected chi connectivity index (χ0v) is 16.2. The van der Waals surface area contributed by atoms with Crippen LogP contribution in [0, 0.1) is 11.3 Å². The van der Waals surface area contributed by atoms with E-state index in [1.54, 1.807) is 0 Å². The Labute approximate surface area is 156 Å². The van der Waals surface area contributed by atoms with Gasteiger partial charge >= 0.3 is 5.97 Å². The van der Waals surface area contributed by atoms with E-state index in [-0.39, 0.29) is 29.3 Å². The lowest BCUT2D eigenvalue weighted by Gasteiger charge is -2.54. The fourth-order valence-corrected chi connectivity index (χ4v) is 5.01. The van der Waals surface area contributed by atoms with E-state index in [0.29, 0.717) is 0 Å². The summed E-state index contributed by atoms with van der Waals surface area (Å²) in [6.45, 7) is 3.84. The molecule has 1 saturated heterocycles. The minimum Gasteiger partial charge on any atom is -0.467 e. The lowest BCUT2D eigenvalue weighted by molar-refractivity contribution is -0.171. The number of nitrogens with zero attached hydrogens (tertiary/aromatic N) is 1. The molecule has 1 aromatic carbocycles. The van der Waals surface area contributed by atoms with Gasteiger partial charge in [0, 0.05) is 11.3 Å². The van der Waals surface area contributed by atoms with E-state index in [1.807, 2.05) is 36.9 Å².